The Morgan fingerprint density at radius 3 is 3.08 bits per heavy atom. The summed E-state index contributed by atoms with van der Waals surface area (Å²) in [6.45, 7) is 3.66. The average molecular weight is 347 g/mol. The molecular weight excluding hydrogens is 326 g/mol. The summed E-state index contributed by atoms with van der Waals surface area (Å²) in [7, 11) is 0. The molecule has 0 radical (unpaired) electrons. The van der Waals surface area contributed by atoms with E-state index in [2.05, 4.69) is 10.3 Å². The van der Waals surface area contributed by atoms with Gasteiger partial charge in [-0.1, -0.05) is 0 Å². The highest BCUT2D eigenvalue weighted by molar-refractivity contribution is 7.09. The molecule has 0 unspecified atom stereocenters. The van der Waals surface area contributed by atoms with Crippen LogP contribution in [0.3, 0.4) is 0 Å². The second-order valence-electron chi connectivity index (χ2n) is 5.97. The van der Waals surface area contributed by atoms with E-state index in [0.29, 0.717) is 25.4 Å². The number of furan rings is 1. The Morgan fingerprint density at radius 2 is 2.38 bits per heavy atom. The van der Waals surface area contributed by atoms with Crippen LogP contribution in [0.1, 0.15) is 34.1 Å². The summed E-state index contributed by atoms with van der Waals surface area (Å²) in [6.07, 6.45) is 3.86. The average Bonchev–Trinajstić information content (AvgIpc) is 3.26. The van der Waals surface area contributed by atoms with Crippen LogP contribution in [0.4, 0.5) is 0 Å². The van der Waals surface area contributed by atoms with Gasteiger partial charge in [0.2, 0.25) is 5.91 Å². The van der Waals surface area contributed by atoms with Crippen molar-refractivity contribution in [2.45, 2.75) is 26.2 Å². The highest BCUT2D eigenvalue weighted by Crippen LogP contribution is 2.19. The standard InChI is InChI=1S/C17H21N3O3S/c1-12-19-14(11-24-12)6-7-18-16(21)13-4-2-8-20(10-13)17(22)15-5-3-9-23-15/h3,5,9,11,13H,2,4,6-8,10H2,1H3,(H,18,21)/t13-/m0/s1. The number of hydrogen-bond acceptors (Lipinski definition) is 5. The molecule has 1 fully saturated rings. The largest absolute Gasteiger partial charge is 0.459 e. The Balaban J connectivity index is 1.48. The molecular formula is C17H21N3O3S. The molecule has 0 spiro atoms. The second-order valence-corrected chi connectivity index (χ2v) is 7.03. The maximum atomic E-state index is 12.4. The third-order valence-corrected chi connectivity index (χ3v) is 4.98. The van der Waals surface area contributed by atoms with Crippen LogP contribution in [0.5, 0.6) is 0 Å². The number of carbonyl (C=O) groups is 2. The zero-order valence-corrected chi connectivity index (χ0v) is 14.5. The van der Waals surface area contributed by atoms with Gasteiger partial charge >= 0.3 is 0 Å². The van der Waals surface area contributed by atoms with E-state index in [1.807, 2.05) is 12.3 Å². The van der Waals surface area contributed by atoms with Crippen LogP contribution in [0, 0.1) is 12.8 Å². The van der Waals surface area contributed by atoms with E-state index in [0.717, 1.165) is 30.0 Å². The minimum atomic E-state index is -0.158. The highest BCUT2D eigenvalue weighted by Gasteiger charge is 2.29. The fraction of sp³-hybridized carbons (Fsp3) is 0.471. The molecule has 1 aliphatic heterocycles. The van der Waals surface area contributed by atoms with Crippen LogP contribution in [0.25, 0.3) is 0 Å². The van der Waals surface area contributed by atoms with Crippen molar-refractivity contribution in [3.63, 3.8) is 0 Å². The van der Waals surface area contributed by atoms with Crippen molar-refractivity contribution < 1.29 is 14.0 Å². The van der Waals surface area contributed by atoms with Crippen LogP contribution in [0.2, 0.25) is 0 Å². The molecule has 1 saturated heterocycles. The molecule has 0 saturated carbocycles. The SMILES string of the molecule is Cc1nc(CCNC(=O)[C@H]2CCCN(C(=O)c3ccco3)C2)cs1. The number of aryl methyl sites for hydroxylation is 1. The third kappa shape index (κ3) is 4.03. The normalized spacial score (nSPS) is 17.7. The van der Waals surface area contributed by atoms with Crippen LogP contribution < -0.4 is 5.32 Å². The summed E-state index contributed by atoms with van der Waals surface area (Å²) in [5.41, 5.74) is 1.01. The van der Waals surface area contributed by atoms with Gasteiger partial charge in [0.15, 0.2) is 5.76 Å². The number of aromatic nitrogens is 1. The summed E-state index contributed by atoms with van der Waals surface area (Å²) in [5, 5.41) is 6.03. The molecule has 3 heterocycles. The number of likely N-dealkylation sites (tertiary alicyclic amines) is 1. The zero-order valence-electron chi connectivity index (χ0n) is 13.7. The van der Waals surface area contributed by atoms with Gasteiger partial charge < -0.3 is 14.6 Å². The first-order valence-electron chi connectivity index (χ1n) is 8.15. The van der Waals surface area contributed by atoms with Gasteiger partial charge in [0.25, 0.3) is 5.91 Å². The van der Waals surface area contributed by atoms with Crippen molar-refractivity contribution >= 4 is 23.2 Å². The number of nitrogens with one attached hydrogen (secondary N) is 1. The number of hydrogen-bond donors (Lipinski definition) is 1. The maximum Gasteiger partial charge on any atom is 0.289 e. The van der Waals surface area contributed by atoms with Crippen molar-refractivity contribution in [2.24, 2.45) is 5.92 Å². The molecule has 1 atom stereocenters. The molecule has 128 valence electrons. The number of piperidine rings is 1. The lowest BCUT2D eigenvalue weighted by Gasteiger charge is -2.31. The number of rotatable bonds is 5. The summed E-state index contributed by atoms with van der Waals surface area (Å²) >= 11 is 1.62. The lowest BCUT2D eigenvalue weighted by Crippen LogP contribution is -2.45. The Labute approximate surface area is 144 Å². The van der Waals surface area contributed by atoms with Crippen molar-refractivity contribution in [1.29, 1.82) is 0 Å². The van der Waals surface area contributed by atoms with Gasteiger partial charge in [-0.2, -0.15) is 0 Å². The first-order valence-corrected chi connectivity index (χ1v) is 9.03. The Hall–Kier alpha value is -2.15. The lowest BCUT2D eigenvalue weighted by atomic mass is 9.97. The molecule has 0 aliphatic carbocycles. The van der Waals surface area contributed by atoms with E-state index in [-0.39, 0.29) is 17.7 Å². The monoisotopic (exact) mass is 347 g/mol. The van der Waals surface area contributed by atoms with Gasteiger partial charge in [0.05, 0.1) is 22.9 Å². The third-order valence-electron chi connectivity index (χ3n) is 4.16. The minimum absolute atomic E-state index is 0.0129. The van der Waals surface area contributed by atoms with Crippen molar-refractivity contribution in [2.75, 3.05) is 19.6 Å². The Morgan fingerprint density at radius 1 is 1.50 bits per heavy atom. The van der Waals surface area contributed by atoms with Crippen molar-refractivity contribution in [3.05, 3.63) is 40.2 Å². The molecule has 2 aromatic heterocycles. The molecule has 2 amide bonds. The zero-order chi connectivity index (χ0) is 16.9. The van der Waals surface area contributed by atoms with Gasteiger partial charge in [-0.3, -0.25) is 9.59 Å². The van der Waals surface area contributed by atoms with Gasteiger partial charge in [-0.15, -0.1) is 11.3 Å². The minimum Gasteiger partial charge on any atom is -0.459 e. The fourth-order valence-electron chi connectivity index (χ4n) is 2.91. The predicted molar refractivity (Wildman–Crippen MR) is 90.9 cm³/mol. The number of thiazole rings is 1. The van der Waals surface area contributed by atoms with Gasteiger partial charge in [-0.25, -0.2) is 4.98 Å². The summed E-state index contributed by atoms with van der Waals surface area (Å²) in [6, 6.07) is 3.35. The van der Waals surface area contributed by atoms with E-state index in [1.54, 1.807) is 28.4 Å². The molecule has 0 bridgehead atoms. The van der Waals surface area contributed by atoms with Gasteiger partial charge in [0, 0.05) is 31.4 Å². The van der Waals surface area contributed by atoms with E-state index in [1.165, 1.54) is 6.26 Å². The molecule has 1 N–H and O–H groups in total. The van der Waals surface area contributed by atoms with E-state index in [9.17, 15) is 9.59 Å². The second kappa shape index (κ2) is 7.61. The van der Waals surface area contributed by atoms with Gasteiger partial charge in [0.1, 0.15) is 0 Å². The number of nitrogens with zero attached hydrogens (tertiary/aromatic N) is 2. The first kappa shape index (κ1) is 16.7. The van der Waals surface area contributed by atoms with Crippen LogP contribution >= 0.6 is 11.3 Å². The van der Waals surface area contributed by atoms with Crippen molar-refractivity contribution in [1.82, 2.24) is 15.2 Å². The topological polar surface area (TPSA) is 75.4 Å². The molecule has 2 aromatic rings. The Bertz CT molecular complexity index is 696. The van der Waals surface area contributed by atoms with Crippen LogP contribution in [-0.4, -0.2) is 41.3 Å². The first-order chi connectivity index (χ1) is 11.6. The molecule has 0 aromatic carbocycles. The molecule has 1 aliphatic rings. The summed E-state index contributed by atoms with van der Waals surface area (Å²) < 4.78 is 5.16. The predicted octanol–water partition coefficient (Wildman–Crippen LogP) is 2.26. The van der Waals surface area contributed by atoms with Crippen LogP contribution in [-0.2, 0) is 11.2 Å². The van der Waals surface area contributed by atoms with E-state index < -0.39 is 0 Å². The molecule has 6 nitrogen and oxygen atoms in total. The Kier molecular flexibility index (Phi) is 5.30. The molecule has 24 heavy (non-hydrogen) atoms. The van der Waals surface area contributed by atoms with E-state index in [4.69, 9.17) is 4.42 Å². The quantitative estimate of drug-likeness (QED) is 0.900. The smallest absolute Gasteiger partial charge is 0.289 e. The van der Waals surface area contributed by atoms with Crippen molar-refractivity contribution in [3.8, 4) is 0 Å². The van der Waals surface area contributed by atoms with Gasteiger partial charge in [-0.05, 0) is 31.9 Å². The van der Waals surface area contributed by atoms with Crippen LogP contribution in [0.15, 0.2) is 28.2 Å². The number of amides is 2. The maximum absolute atomic E-state index is 12.4. The summed E-state index contributed by atoms with van der Waals surface area (Å²) in [4.78, 5) is 30.8. The lowest BCUT2D eigenvalue weighted by molar-refractivity contribution is -0.126. The number of carbonyl (C=O) groups excluding carboxylic acids is 2. The van der Waals surface area contributed by atoms with E-state index >= 15 is 0 Å². The fourth-order valence-corrected chi connectivity index (χ4v) is 3.56. The highest BCUT2D eigenvalue weighted by atomic mass is 32.1. The summed E-state index contributed by atoms with van der Waals surface area (Å²) in [5.74, 6) is 0.0409. The molecule has 3 rings (SSSR count). The molecule has 7 heteroatoms.